The van der Waals surface area contributed by atoms with Crippen molar-refractivity contribution in [1.82, 2.24) is 5.32 Å². The number of hydrogen-bond acceptors (Lipinski definition) is 4. The summed E-state index contributed by atoms with van der Waals surface area (Å²) in [7, 11) is 0. The maximum Gasteiger partial charge on any atom is 0.270 e. The normalized spacial score (nSPS) is 15.1. The van der Waals surface area contributed by atoms with Crippen molar-refractivity contribution >= 4 is 64.1 Å². The lowest BCUT2D eigenvalue weighted by Gasteiger charge is -2.28. The predicted molar refractivity (Wildman–Crippen MR) is 130 cm³/mol. The first-order chi connectivity index (χ1) is 15.8. The molecule has 1 fully saturated rings. The minimum absolute atomic E-state index is 0.0696. The number of nitrogens with one attached hydrogen (secondary N) is 1. The summed E-state index contributed by atoms with van der Waals surface area (Å²) in [6.07, 6.45) is 1.46. The SMILES string of the molecule is O=C1NC(=S)N(c2ccc(F)cc2)C(=O)/C1=C\c1ccc(OCc2ccc(Cl)c(Cl)c2)cc1. The molecule has 9 heteroatoms. The van der Waals surface area contributed by atoms with Gasteiger partial charge in [0.25, 0.3) is 11.8 Å². The highest BCUT2D eigenvalue weighted by Crippen LogP contribution is 2.25. The van der Waals surface area contributed by atoms with E-state index in [-0.39, 0.29) is 10.7 Å². The number of anilines is 1. The number of amides is 2. The van der Waals surface area contributed by atoms with Crippen molar-refractivity contribution < 1.29 is 18.7 Å². The lowest BCUT2D eigenvalue weighted by molar-refractivity contribution is -0.122. The molecule has 0 spiro atoms. The van der Waals surface area contributed by atoms with E-state index >= 15 is 0 Å². The fourth-order valence-corrected chi connectivity index (χ4v) is 3.71. The highest BCUT2D eigenvalue weighted by Gasteiger charge is 2.34. The number of thiocarbonyl (C=S) groups is 1. The molecule has 3 aromatic carbocycles. The average molecular weight is 501 g/mol. The third-order valence-electron chi connectivity index (χ3n) is 4.77. The van der Waals surface area contributed by atoms with Crippen LogP contribution in [-0.2, 0) is 16.2 Å². The van der Waals surface area contributed by atoms with Crippen LogP contribution >= 0.6 is 35.4 Å². The topological polar surface area (TPSA) is 58.6 Å². The quantitative estimate of drug-likeness (QED) is 0.283. The average Bonchev–Trinajstić information content (AvgIpc) is 2.79. The van der Waals surface area contributed by atoms with E-state index in [0.29, 0.717) is 33.7 Å². The van der Waals surface area contributed by atoms with E-state index in [1.54, 1.807) is 36.4 Å². The van der Waals surface area contributed by atoms with Gasteiger partial charge in [-0.05, 0) is 78.0 Å². The van der Waals surface area contributed by atoms with Crippen LogP contribution in [0, 0.1) is 5.82 Å². The zero-order valence-electron chi connectivity index (χ0n) is 16.8. The molecule has 3 aromatic rings. The zero-order valence-corrected chi connectivity index (χ0v) is 19.2. The van der Waals surface area contributed by atoms with Gasteiger partial charge < -0.3 is 4.74 Å². The van der Waals surface area contributed by atoms with Gasteiger partial charge in [0.05, 0.1) is 15.7 Å². The van der Waals surface area contributed by atoms with E-state index in [2.05, 4.69) is 5.32 Å². The molecule has 0 bridgehead atoms. The largest absolute Gasteiger partial charge is 0.489 e. The molecule has 5 nitrogen and oxygen atoms in total. The number of carbonyl (C=O) groups excluding carboxylic acids is 2. The monoisotopic (exact) mass is 500 g/mol. The Morgan fingerprint density at radius 2 is 1.67 bits per heavy atom. The zero-order chi connectivity index (χ0) is 23.5. The second-order valence-corrected chi connectivity index (χ2v) is 8.24. The van der Waals surface area contributed by atoms with Gasteiger partial charge in [-0.1, -0.05) is 41.4 Å². The van der Waals surface area contributed by atoms with E-state index in [1.165, 1.54) is 30.3 Å². The Kier molecular flexibility index (Phi) is 6.74. The van der Waals surface area contributed by atoms with Crippen molar-refractivity contribution in [2.24, 2.45) is 0 Å². The van der Waals surface area contributed by atoms with Crippen LogP contribution < -0.4 is 15.0 Å². The molecule has 1 heterocycles. The maximum absolute atomic E-state index is 13.3. The molecule has 0 radical (unpaired) electrons. The van der Waals surface area contributed by atoms with Crippen LogP contribution in [0.15, 0.2) is 72.3 Å². The van der Waals surface area contributed by atoms with Crippen LogP contribution in [0.25, 0.3) is 6.08 Å². The van der Waals surface area contributed by atoms with Crippen LogP contribution in [0.5, 0.6) is 5.75 Å². The summed E-state index contributed by atoms with van der Waals surface area (Å²) in [5.41, 5.74) is 1.72. The summed E-state index contributed by atoms with van der Waals surface area (Å²) < 4.78 is 19.0. The van der Waals surface area contributed by atoms with E-state index in [1.807, 2.05) is 6.07 Å². The number of nitrogens with zero attached hydrogens (tertiary/aromatic N) is 1. The first-order valence-corrected chi connectivity index (χ1v) is 10.8. The van der Waals surface area contributed by atoms with Gasteiger partial charge in [-0.25, -0.2) is 4.39 Å². The Bertz CT molecular complexity index is 1280. The van der Waals surface area contributed by atoms with Crippen molar-refractivity contribution in [3.05, 3.63) is 99.3 Å². The summed E-state index contributed by atoms with van der Waals surface area (Å²) >= 11 is 17.1. The van der Waals surface area contributed by atoms with Gasteiger partial charge in [0.2, 0.25) is 0 Å². The van der Waals surface area contributed by atoms with Crippen LogP contribution in [-0.4, -0.2) is 16.9 Å². The molecule has 0 aliphatic carbocycles. The Labute approximate surface area is 204 Å². The Hall–Kier alpha value is -3.26. The van der Waals surface area contributed by atoms with E-state index in [0.717, 1.165) is 10.5 Å². The van der Waals surface area contributed by atoms with Crippen molar-refractivity contribution in [3.63, 3.8) is 0 Å². The predicted octanol–water partition coefficient (Wildman–Crippen LogP) is 5.54. The Morgan fingerprint density at radius 1 is 0.970 bits per heavy atom. The standard InChI is InChI=1S/C24H15Cl2FN2O3S/c25-20-10-3-15(12-21(20)26)13-32-18-8-1-14(2-9-18)11-19-22(30)28-24(33)29(23(19)31)17-6-4-16(27)5-7-17/h1-12H,13H2,(H,28,30,33)/b19-11-. The lowest BCUT2D eigenvalue weighted by Crippen LogP contribution is -2.54. The molecule has 0 aromatic heterocycles. The Morgan fingerprint density at radius 3 is 2.33 bits per heavy atom. The first kappa shape index (κ1) is 22.9. The highest BCUT2D eigenvalue weighted by molar-refractivity contribution is 7.80. The third kappa shape index (κ3) is 5.22. The first-order valence-electron chi connectivity index (χ1n) is 9.65. The van der Waals surface area contributed by atoms with E-state index in [4.69, 9.17) is 40.2 Å². The molecule has 0 atom stereocenters. The number of ether oxygens (including phenoxy) is 1. The fraction of sp³-hybridized carbons (Fsp3) is 0.0417. The van der Waals surface area contributed by atoms with Gasteiger partial charge in [-0.3, -0.25) is 19.8 Å². The molecule has 0 unspecified atom stereocenters. The van der Waals surface area contributed by atoms with Crippen LogP contribution in [0.3, 0.4) is 0 Å². The number of rotatable bonds is 5. The van der Waals surface area contributed by atoms with Crippen molar-refractivity contribution in [2.45, 2.75) is 6.61 Å². The lowest BCUT2D eigenvalue weighted by atomic mass is 10.1. The number of halogens is 3. The van der Waals surface area contributed by atoms with E-state index in [9.17, 15) is 14.0 Å². The third-order valence-corrected chi connectivity index (χ3v) is 5.79. The second-order valence-electron chi connectivity index (χ2n) is 7.04. The number of hydrogen-bond donors (Lipinski definition) is 1. The molecular weight excluding hydrogens is 486 g/mol. The molecule has 1 aliphatic heterocycles. The van der Waals surface area contributed by atoms with Gasteiger partial charge in [0.15, 0.2) is 5.11 Å². The molecule has 2 amide bonds. The van der Waals surface area contributed by atoms with Crippen LogP contribution in [0.1, 0.15) is 11.1 Å². The second kappa shape index (κ2) is 9.70. The van der Waals surface area contributed by atoms with Gasteiger partial charge in [-0.15, -0.1) is 0 Å². The molecule has 1 saturated heterocycles. The summed E-state index contributed by atoms with van der Waals surface area (Å²) in [6, 6.07) is 17.4. The maximum atomic E-state index is 13.3. The van der Waals surface area contributed by atoms with Gasteiger partial charge in [0, 0.05) is 0 Å². The molecule has 1 aliphatic rings. The van der Waals surface area contributed by atoms with Crippen LogP contribution in [0.2, 0.25) is 10.0 Å². The summed E-state index contributed by atoms with van der Waals surface area (Å²) in [5.74, 6) is -1.06. The Balaban J connectivity index is 1.50. The number of carbonyl (C=O) groups is 2. The molecule has 166 valence electrons. The summed E-state index contributed by atoms with van der Waals surface area (Å²) in [4.78, 5) is 26.5. The van der Waals surface area contributed by atoms with Crippen molar-refractivity contribution in [3.8, 4) is 5.75 Å². The fourth-order valence-electron chi connectivity index (χ4n) is 3.11. The van der Waals surface area contributed by atoms with Crippen LogP contribution in [0.4, 0.5) is 10.1 Å². The summed E-state index contributed by atoms with van der Waals surface area (Å²) in [6.45, 7) is 0.294. The van der Waals surface area contributed by atoms with Gasteiger partial charge in [0.1, 0.15) is 23.7 Å². The minimum Gasteiger partial charge on any atom is -0.489 e. The van der Waals surface area contributed by atoms with Gasteiger partial charge >= 0.3 is 0 Å². The molecule has 0 saturated carbocycles. The van der Waals surface area contributed by atoms with Crippen molar-refractivity contribution in [1.29, 1.82) is 0 Å². The summed E-state index contributed by atoms with van der Waals surface area (Å²) in [5, 5.41) is 3.34. The number of benzene rings is 3. The van der Waals surface area contributed by atoms with E-state index < -0.39 is 17.6 Å². The minimum atomic E-state index is -0.608. The van der Waals surface area contributed by atoms with Crippen molar-refractivity contribution in [2.75, 3.05) is 4.90 Å². The highest BCUT2D eigenvalue weighted by atomic mass is 35.5. The smallest absolute Gasteiger partial charge is 0.270 e. The molecular formula is C24H15Cl2FN2O3S. The van der Waals surface area contributed by atoms with Gasteiger partial charge in [-0.2, -0.15) is 0 Å². The molecule has 4 rings (SSSR count). The molecule has 1 N–H and O–H groups in total. The molecule has 33 heavy (non-hydrogen) atoms.